The zero-order chi connectivity index (χ0) is 13.2. The Bertz CT molecular complexity index is 497. The molecule has 0 bridgehead atoms. The summed E-state index contributed by atoms with van der Waals surface area (Å²) >= 11 is 0. The first-order chi connectivity index (χ1) is 7.76. The molecule has 96 valence electrons. The third-order valence-corrected chi connectivity index (χ3v) is 4.02. The van der Waals surface area contributed by atoms with Gasteiger partial charge in [-0.25, -0.2) is 8.42 Å². The van der Waals surface area contributed by atoms with Crippen LogP contribution in [0.1, 0.15) is 13.8 Å². The lowest BCUT2D eigenvalue weighted by molar-refractivity contribution is 0.224. The molecule has 17 heavy (non-hydrogen) atoms. The van der Waals surface area contributed by atoms with E-state index in [2.05, 4.69) is 5.32 Å². The zero-order valence-corrected chi connectivity index (χ0v) is 10.4. The molecular formula is C10H16N2O4S. The molecule has 0 saturated heterocycles. The maximum absolute atomic E-state index is 11.9. The Balaban J connectivity index is 3.39. The molecule has 6 nitrogen and oxygen atoms in total. The SMILES string of the molecule is CC(O)Nc1c(N)cccc1S(=O)(=O)C(C)O. The number of aliphatic hydroxyl groups is 2. The van der Waals surface area contributed by atoms with Crippen LogP contribution in [0.5, 0.6) is 0 Å². The van der Waals surface area contributed by atoms with Crippen molar-refractivity contribution in [3.05, 3.63) is 18.2 Å². The van der Waals surface area contributed by atoms with Gasteiger partial charge in [0.2, 0.25) is 9.84 Å². The first-order valence-corrected chi connectivity index (χ1v) is 6.56. The van der Waals surface area contributed by atoms with E-state index in [1.54, 1.807) is 0 Å². The second kappa shape index (κ2) is 4.91. The Labute approximate surface area is 100.0 Å². The molecule has 1 rings (SSSR count). The molecule has 2 unspecified atom stereocenters. The van der Waals surface area contributed by atoms with Crippen LogP contribution >= 0.6 is 0 Å². The molecule has 0 fully saturated rings. The predicted octanol–water partition coefficient (Wildman–Crippen LogP) is 0.131. The molecule has 1 aromatic rings. The fourth-order valence-electron chi connectivity index (χ4n) is 1.33. The lowest BCUT2D eigenvalue weighted by Crippen LogP contribution is -2.22. The summed E-state index contributed by atoms with van der Waals surface area (Å²) in [6.07, 6.45) is -0.956. The highest BCUT2D eigenvalue weighted by Gasteiger charge is 2.25. The van der Waals surface area contributed by atoms with Gasteiger partial charge in [-0.3, -0.25) is 0 Å². The number of nitrogens with one attached hydrogen (secondary N) is 1. The molecule has 0 saturated carbocycles. The maximum atomic E-state index is 11.9. The van der Waals surface area contributed by atoms with Crippen molar-refractivity contribution in [1.82, 2.24) is 0 Å². The van der Waals surface area contributed by atoms with Gasteiger partial charge in [-0.15, -0.1) is 0 Å². The summed E-state index contributed by atoms with van der Waals surface area (Å²) in [5.74, 6) is 0. The van der Waals surface area contributed by atoms with Crippen molar-refractivity contribution in [2.24, 2.45) is 0 Å². The second-order valence-corrected chi connectivity index (χ2v) is 5.90. The third kappa shape index (κ3) is 2.87. The van der Waals surface area contributed by atoms with Crippen LogP contribution in [0.2, 0.25) is 0 Å². The van der Waals surface area contributed by atoms with Gasteiger partial charge in [-0.2, -0.15) is 0 Å². The number of hydrogen-bond acceptors (Lipinski definition) is 6. The molecule has 7 heteroatoms. The molecule has 0 aliphatic heterocycles. The van der Waals surface area contributed by atoms with E-state index in [0.29, 0.717) is 0 Å². The zero-order valence-electron chi connectivity index (χ0n) is 9.58. The van der Waals surface area contributed by atoms with Gasteiger partial charge in [0.15, 0.2) is 5.44 Å². The molecule has 0 aromatic heterocycles. The van der Waals surface area contributed by atoms with Gasteiger partial charge in [0, 0.05) is 0 Å². The van der Waals surface area contributed by atoms with Gasteiger partial charge in [-0.05, 0) is 26.0 Å². The van der Waals surface area contributed by atoms with Crippen molar-refractivity contribution in [2.45, 2.75) is 30.4 Å². The molecule has 0 amide bonds. The van der Waals surface area contributed by atoms with Gasteiger partial charge >= 0.3 is 0 Å². The van der Waals surface area contributed by atoms with E-state index in [9.17, 15) is 18.6 Å². The highest BCUT2D eigenvalue weighted by atomic mass is 32.2. The summed E-state index contributed by atoms with van der Waals surface area (Å²) in [4.78, 5) is -0.131. The lowest BCUT2D eigenvalue weighted by Gasteiger charge is -2.17. The topological polar surface area (TPSA) is 113 Å². The van der Waals surface area contributed by atoms with Gasteiger partial charge in [-0.1, -0.05) is 6.07 Å². The third-order valence-electron chi connectivity index (χ3n) is 2.17. The van der Waals surface area contributed by atoms with Gasteiger partial charge in [0.05, 0.1) is 16.3 Å². The standard InChI is InChI=1S/C10H16N2O4S/c1-6(13)12-10-8(11)4-3-5-9(10)17(15,16)7(2)14/h3-7,12-14H,11H2,1-2H3. The minimum atomic E-state index is -3.87. The Kier molecular flexibility index (Phi) is 3.97. The molecule has 5 N–H and O–H groups in total. The van der Waals surface area contributed by atoms with Crippen LogP contribution in [-0.4, -0.2) is 30.3 Å². The van der Waals surface area contributed by atoms with Gasteiger partial charge < -0.3 is 21.3 Å². The Hall–Kier alpha value is -1.31. The van der Waals surface area contributed by atoms with Crippen LogP contribution in [0.4, 0.5) is 11.4 Å². The van der Waals surface area contributed by atoms with Crippen molar-refractivity contribution in [3.8, 4) is 0 Å². The predicted molar refractivity (Wildman–Crippen MR) is 65.0 cm³/mol. The monoisotopic (exact) mass is 260 g/mol. The van der Waals surface area contributed by atoms with Crippen LogP contribution in [0.25, 0.3) is 0 Å². The first-order valence-electron chi connectivity index (χ1n) is 5.02. The number of rotatable bonds is 4. The van der Waals surface area contributed by atoms with Crippen LogP contribution in [0, 0.1) is 0 Å². The molecular weight excluding hydrogens is 244 g/mol. The van der Waals surface area contributed by atoms with Crippen molar-refractivity contribution in [2.75, 3.05) is 11.1 Å². The van der Waals surface area contributed by atoms with E-state index in [4.69, 9.17) is 5.73 Å². The normalized spacial score (nSPS) is 15.3. The molecule has 0 aliphatic carbocycles. The van der Waals surface area contributed by atoms with E-state index in [1.165, 1.54) is 25.1 Å². The van der Waals surface area contributed by atoms with E-state index < -0.39 is 21.5 Å². The number of aliphatic hydroxyl groups excluding tert-OH is 2. The van der Waals surface area contributed by atoms with Crippen molar-refractivity contribution < 1.29 is 18.6 Å². The summed E-state index contributed by atoms with van der Waals surface area (Å²) in [5.41, 5.74) is 4.39. The second-order valence-electron chi connectivity index (χ2n) is 3.69. The minimum Gasteiger partial charge on any atom is -0.397 e. The quantitative estimate of drug-likeness (QED) is 0.452. The fraction of sp³-hybridized carbons (Fsp3) is 0.400. The van der Waals surface area contributed by atoms with Crippen molar-refractivity contribution in [3.63, 3.8) is 0 Å². The molecule has 0 heterocycles. The smallest absolute Gasteiger partial charge is 0.206 e. The largest absolute Gasteiger partial charge is 0.397 e. The average Bonchev–Trinajstić information content (AvgIpc) is 2.19. The Morgan fingerprint density at radius 1 is 1.29 bits per heavy atom. The van der Waals surface area contributed by atoms with Crippen LogP contribution < -0.4 is 11.1 Å². The lowest BCUT2D eigenvalue weighted by atomic mass is 10.2. The van der Waals surface area contributed by atoms with Gasteiger partial charge in [0.25, 0.3) is 0 Å². The van der Waals surface area contributed by atoms with Crippen molar-refractivity contribution >= 4 is 21.2 Å². The highest BCUT2D eigenvalue weighted by Crippen LogP contribution is 2.30. The van der Waals surface area contributed by atoms with Crippen molar-refractivity contribution in [1.29, 1.82) is 0 Å². The van der Waals surface area contributed by atoms with E-state index >= 15 is 0 Å². The molecule has 0 spiro atoms. The number of nitrogens with two attached hydrogens (primary N) is 1. The van der Waals surface area contributed by atoms with Crippen LogP contribution in [0.3, 0.4) is 0 Å². The molecule has 0 aliphatic rings. The minimum absolute atomic E-state index is 0.100. The van der Waals surface area contributed by atoms with E-state index in [-0.39, 0.29) is 16.3 Å². The van der Waals surface area contributed by atoms with Gasteiger partial charge in [0.1, 0.15) is 6.23 Å². The van der Waals surface area contributed by atoms with Crippen LogP contribution in [-0.2, 0) is 9.84 Å². The first kappa shape index (κ1) is 13.8. The number of anilines is 2. The number of nitrogen functional groups attached to an aromatic ring is 1. The summed E-state index contributed by atoms with van der Waals surface area (Å²) in [7, 11) is -3.87. The molecule has 0 radical (unpaired) electrons. The van der Waals surface area contributed by atoms with Crippen LogP contribution in [0.15, 0.2) is 23.1 Å². The Morgan fingerprint density at radius 3 is 2.35 bits per heavy atom. The Morgan fingerprint density at radius 2 is 1.88 bits per heavy atom. The number of hydrogen-bond donors (Lipinski definition) is 4. The fourth-order valence-corrected chi connectivity index (χ4v) is 2.43. The summed E-state index contributed by atoms with van der Waals surface area (Å²) < 4.78 is 23.7. The number of benzene rings is 1. The summed E-state index contributed by atoms with van der Waals surface area (Å²) in [5, 5.41) is 21.0. The molecule has 2 atom stereocenters. The maximum Gasteiger partial charge on any atom is 0.206 e. The van der Waals surface area contributed by atoms with E-state index in [1.807, 2.05) is 0 Å². The summed E-state index contributed by atoms with van der Waals surface area (Å²) in [6, 6.07) is 4.30. The average molecular weight is 260 g/mol. The number of sulfone groups is 1. The summed E-state index contributed by atoms with van der Waals surface area (Å²) in [6.45, 7) is 2.59. The highest BCUT2D eigenvalue weighted by molar-refractivity contribution is 7.92. The molecule has 1 aromatic carbocycles. The van der Waals surface area contributed by atoms with E-state index in [0.717, 1.165) is 6.92 Å². The number of para-hydroxylation sites is 1.